The van der Waals surface area contributed by atoms with Crippen LogP contribution in [0, 0.1) is 6.92 Å². The predicted molar refractivity (Wildman–Crippen MR) is 88.0 cm³/mol. The number of halogens is 2. The van der Waals surface area contributed by atoms with Gasteiger partial charge >= 0.3 is 0 Å². The third-order valence-electron chi connectivity index (χ3n) is 2.94. The molecule has 0 spiro atoms. The standard InChI is InChI=1S/C16H16Cl2N2O/c1-11-3-2-4-12(7-11)9-20-16(21)10-19-13-5-6-14(17)15(18)8-13/h2-8,19H,9-10H2,1H3,(H,20,21). The minimum Gasteiger partial charge on any atom is -0.376 e. The molecule has 2 aromatic carbocycles. The van der Waals surface area contributed by atoms with Gasteiger partial charge in [-0.15, -0.1) is 0 Å². The molecule has 1 amide bonds. The van der Waals surface area contributed by atoms with Crippen molar-refractivity contribution in [2.24, 2.45) is 0 Å². The lowest BCUT2D eigenvalue weighted by molar-refractivity contribution is -0.119. The highest BCUT2D eigenvalue weighted by molar-refractivity contribution is 6.42. The van der Waals surface area contributed by atoms with E-state index in [1.54, 1.807) is 18.2 Å². The molecule has 0 saturated carbocycles. The Bertz CT molecular complexity index is 644. The summed E-state index contributed by atoms with van der Waals surface area (Å²) in [6.07, 6.45) is 0. The number of hydrogen-bond acceptors (Lipinski definition) is 2. The summed E-state index contributed by atoms with van der Waals surface area (Å²) in [7, 11) is 0. The molecular formula is C16H16Cl2N2O. The topological polar surface area (TPSA) is 41.1 Å². The third kappa shape index (κ3) is 4.96. The summed E-state index contributed by atoms with van der Waals surface area (Å²) in [5.41, 5.74) is 3.02. The summed E-state index contributed by atoms with van der Waals surface area (Å²) in [4.78, 5) is 11.8. The number of rotatable bonds is 5. The van der Waals surface area contributed by atoms with Gasteiger partial charge in [0.2, 0.25) is 5.91 Å². The number of aryl methyl sites for hydroxylation is 1. The summed E-state index contributed by atoms with van der Waals surface area (Å²) < 4.78 is 0. The number of benzene rings is 2. The van der Waals surface area contributed by atoms with Crippen LogP contribution in [0.2, 0.25) is 10.0 Å². The summed E-state index contributed by atoms with van der Waals surface area (Å²) >= 11 is 11.7. The molecular weight excluding hydrogens is 307 g/mol. The maximum Gasteiger partial charge on any atom is 0.239 e. The van der Waals surface area contributed by atoms with Crippen LogP contribution in [0.15, 0.2) is 42.5 Å². The second-order valence-corrected chi connectivity index (χ2v) is 5.56. The molecule has 0 fully saturated rings. The first-order valence-corrected chi connectivity index (χ1v) is 7.31. The lowest BCUT2D eigenvalue weighted by atomic mass is 10.1. The molecule has 21 heavy (non-hydrogen) atoms. The first-order valence-electron chi connectivity index (χ1n) is 6.56. The van der Waals surface area contributed by atoms with Gasteiger partial charge in [-0.05, 0) is 30.7 Å². The van der Waals surface area contributed by atoms with Gasteiger partial charge in [0.1, 0.15) is 0 Å². The molecule has 0 aliphatic rings. The Morgan fingerprint density at radius 2 is 1.90 bits per heavy atom. The van der Waals surface area contributed by atoms with Crippen LogP contribution in [0.25, 0.3) is 0 Å². The van der Waals surface area contributed by atoms with Crippen LogP contribution in [-0.2, 0) is 11.3 Å². The fourth-order valence-electron chi connectivity index (χ4n) is 1.87. The quantitative estimate of drug-likeness (QED) is 0.872. The van der Waals surface area contributed by atoms with E-state index in [2.05, 4.69) is 10.6 Å². The maximum atomic E-state index is 11.8. The van der Waals surface area contributed by atoms with Crippen LogP contribution < -0.4 is 10.6 Å². The van der Waals surface area contributed by atoms with E-state index < -0.39 is 0 Å². The van der Waals surface area contributed by atoms with E-state index in [1.165, 1.54) is 5.56 Å². The summed E-state index contributed by atoms with van der Waals surface area (Å²) in [5, 5.41) is 6.82. The zero-order chi connectivity index (χ0) is 15.2. The van der Waals surface area contributed by atoms with Crippen molar-refractivity contribution in [2.45, 2.75) is 13.5 Å². The number of nitrogens with one attached hydrogen (secondary N) is 2. The molecule has 110 valence electrons. The smallest absolute Gasteiger partial charge is 0.239 e. The molecule has 0 atom stereocenters. The van der Waals surface area contributed by atoms with E-state index >= 15 is 0 Å². The van der Waals surface area contributed by atoms with Crippen molar-refractivity contribution in [1.29, 1.82) is 0 Å². The average Bonchev–Trinajstić information content (AvgIpc) is 2.46. The van der Waals surface area contributed by atoms with Crippen LogP contribution in [0.1, 0.15) is 11.1 Å². The van der Waals surface area contributed by atoms with Crippen molar-refractivity contribution in [3.05, 3.63) is 63.6 Å². The van der Waals surface area contributed by atoms with Gasteiger partial charge in [0.05, 0.1) is 16.6 Å². The summed E-state index contributed by atoms with van der Waals surface area (Å²) in [6.45, 7) is 2.73. The van der Waals surface area contributed by atoms with Gasteiger partial charge in [-0.25, -0.2) is 0 Å². The summed E-state index contributed by atoms with van der Waals surface area (Å²) in [6, 6.07) is 13.2. The largest absolute Gasteiger partial charge is 0.376 e. The molecule has 5 heteroatoms. The highest BCUT2D eigenvalue weighted by Gasteiger charge is 2.03. The zero-order valence-corrected chi connectivity index (χ0v) is 13.1. The van der Waals surface area contributed by atoms with Crippen LogP contribution in [0.3, 0.4) is 0 Å². The van der Waals surface area contributed by atoms with Gasteiger partial charge in [-0.2, -0.15) is 0 Å². The van der Waals surface area contributed by atoms with Gasteiger partial charge < -0.3 is 10.6 Å². The molecule has 0 bridgehead atoms. The Morgan fingerprint density at radius 1 is 1.10 bits per heavy atom. The highest BCUT2D eigenvalue weighted by Crippen LogP contribution is 2.24. The molecule has 0 aromatic heterocycles. The minimum atomic E-state index is -0.0809. The molecule has 0 radical (unpaired) electrons. The highest BCUT2D eigenvalue weighted by atomic mass is 35.5. The molecule has 2 aromatic rings. The first kappa shape index (κ1) is 15.7. The molecule has 0 heterocycles. The Labute approximate surface area is 134 Å². The molecule has 0 aliphatic heterocycles. The number of amides is 1. The lowest BCUT2D eigenvalue weighted by Gasteiger charge is -2.09. The molecule has 2 rings (SSSR count). The van der Waals surface area contributed by atoms with Crippen LogP contribution in [0.4, 0.5) is 5.69 Å². The normalized spacial score (nSPS) is 10.2. The monoisotopic (exact) mass is 322 g/mol. The third-order valence-corrected chi connectivity index (χ3v) is 3.68. The number of carbonyl (C=O) groups is 1. The minimum absolute atomic E-state index is 0.0809. The zero-order valence-electron chi connectivity index (χ0n) is 11.6. The second-order valence-electron chi connectivity index (χ2n) is 4.75. The van der Waals surface area contributed by atoms with Crippen molar-refractivity contribution in [3.63, 3.8) is 0 Å². The van der Waals surface area contributed by atoms with E-state index in [9.17, 15) is 4.79 Å². The average molecular weight is 323 g/mol. The van der Waals surface area contributed by atoms with E-state index in [0.29, 0.717) is 16.6 Å². The van der Waals surface area contributed by atoms with Crippen LogP contribution in [0.5, 0.6) is 0 Å². The molecule has 0 saturated heterocycles. The van der Waals surface area contributed by atoms with Crippen LogP contribution >= 0.6 is 23.2 Å². The van der Waals surface area contributed by atoms with Crippen LogP contribution in [-0.4, -0.2) is 12.5 Å². The Morgan fingerprint density at radius 3 is 2.62 bits per heavy atom. The first-order chi connectivity index (χ1) is 10.0. The van der Waals surface area contributed by atoms with Crippen molar-refractivity contribution in [2.75, 3.05) is 11.9 Å². The fraction of sp³-hybridized carbons (Fsp3) is 0.188. The van der Waals surface area contributed by atoms with Crippen molar-refractivity contribution in [3.8, 4) is 0 Å². The Balaban J connectivity index is 1.80. The number of anilines is 1. The number of carbonyl (C=O) groups excluding carboxylic acids is 1. The van der Waals surface area contributed by atoms with Crippen molar-refractivity contribution >= 4 is 34.8 Å². The second kappa shape index (κ2) is 7.34. The van der Waals surface area contributed by atoms with Gasteiger partial charge in [-0.3, -0.25) is 4.79 Å². The van der Waals surface area contributed by atoms with Crippen molar-refractivity contribution < 1.29 is 4.79 Å². The predicted octanol–water partition coefficient (Wildman–Crippen LogP) is 4.03. The van der Waals surface area contributed by atoms with E-state index in [1.807, 2.05) is 31.2 Å². The van der Waals surface area contributed by atoms with Gasteiger partial charge in [0.25, 0.3) is 0 Å². The van der Waals surface area contributed by atoms with E-state index in [-0.39, 0.29) is 12.5 Å². The lowest BCUT2D eigenvalue weighted by Crippen LogP contribution is -2.29. The van der Waals surface area contributed by atoms with Gasteiger partial charge in [0.15, 0.2) is 0 Å². The molecule has 2 N–H and O–H groups in total. The number of hydrogen-bond donors (Lipinski definition) is 2. The Hall–Kier alpha value is -1.71. The van der Waals surface area contributed by atoms with E-state index in [0.717, 1.165) is 11.3 Å². The van der Waals surface area contributed by atoms with Crippen molar-refractivity contribution in [1.82, 2.24) is 5.32 Å². The van der Waals surface area contributed by atoms with E-state index in [4.69, 9.17) is 23.2 Å². The fourth-order valence-corrected chi connectivity index (χ4v) is 2.17. The molecule has 0 unspecified atom stereocenters. The maximum absolute atomic E-state index is 11.8. The Kier molecular flexibility index (Phi) is 5.48. The van der Waals surface area contributed by atoms with Gasteiger partial charge in [0, 0.05) is 12.2 Å². The molecule has 0 aliphatic carbocycles. The SMILES string of the molecule is Cc1cccc(CNC(=O)CNc2ccc(Cl)c(Cl)c2)c1. The van der Waals surface area contributed by atoms with Gasteiger partial charge in [-0.1, -0.05) is 53.0 Å². The molecule has 3 nitrogen and oxygen atoms in total. The summed E-state index contributed by atoms with van der Waals surface area (Å²) in [5.74, 6) is -0.0809.